The van der Waals surface area contributed by atoms with Crippen LogP contribution in [-0.4, -0.2) is 26.2 Å². The number of hydrogen-bond donors (Lipinski definition) is 1. The van der Waals surface area contributed by atoms with E-state index in [9.17, 15) is 9.90 Å². The van der Waals surface area contributed by atoms with Crippen molar-refractivity contribution in [2.45, 2.75) is 19.4 Å². The van der Waals surface area contributed by atoms with Crippen LogP contribution in [0, 0.1) is 11.8 Å². The van der Waals surface area contributed by atoms with Crippen molar-refractivity contribution in [1.29, 1.82) is 0 Å². The van der Waals surface area contributed by atoms with Crippen LogP contribution in [0.5, 0.6) is 0 Å². The van der Waals surface area contributed by atoms with Crippen molar-refractivity contribution in [3.8, 4) is 17.5 Å². The first kappa shape index (κ1) is 17.2. The third-order valence-electron chi connectivity index (χ3n) is 3.88. The Balaban J connectivity index is 1.72. The van der Waals surface area contributed by atoms with Crippen LogP contribution in [0.25, 0.3) is 16.7 Å². The summed E-state index contributed by atoms with van der Waals surface area (Å²) in [6.07, 6.45) is 1.44. The molecule has 27 heavy (non-hydrogen) atoms. The Hall–Kier alpha value is -3.21. The number of thiophene rings is 1. The predicted octanol–water partition coefficient (Wildman–Crippen LogP) is 2.76. The van der Waals surface area contributed by atoms with Crippen molar-refractivity contribution in [2.24, 2.45) is 0 Å². The molecule has 0 radical (unpaired) electrons. The standard InChI is InChI=1S/C20H15N3O3S/c1-13(24)8-17-11-23(22-21-17)18-10-16-9-14(2-3-15-6-7-27-12-15)4-5-19(16)26-20(18)25/h4-7,9-13,24H,8H2,1H3/t13-/m0/s1. The van der Waals surface area contributed by atoms with Gasteiger partial charge in [0.05, 0.1) is 18.0 Å². The van der Waals surface area contributed by atoms with Gasteiger partial charge in [0.1, 0.15) is 5.58 Å². The van der Waals surface area contributed by atoms with E-state index in [1.165, 1.54) is 4.68 Å². The highest BCUT2D eigenvalue weighted by Gasteiger charge is 2.11. The first-order valence-electron chi connectivity index (χ1n) is 8.30. The Morgan fingerprint density at radius 3 is 2.89 bits per heavy atom. The summed E-state index contributed by atoms with van der Waals surface area (Å²) >= 11 is 1.60. The Bertz CT molecular complexity index is 1210. The van der Waals surface area contributed by atoms with Crippen molar-refractivity contribution in [3.05, 3.63) is 74.5 Å². The number of benzene rings is 1. The van der Waals surface area contributed by atoms with Crippen LogP contribution in [0.4, 0.5) is 0 Å². The minimum atomic E-state index is -0.535. The second-order valence-electron chi connectivity index (χ2n) is 6.14. The van der Waals surface area contributed by atoms with Gasteiger partial charge >= 0.3 is 5.63 Å². The van der Waals surface area contributed by atoms with Gasteiger partial charge in [0, 0.05) is 28.3 Å². The number of aliphatic hydroxyl groups is 1. The van der Waals surface area contributed by atoms with Gasteiger partial charge in [0.15, 0.2) is 5.69 Å². The lowest BCUT2D eigenvalue weighted by atomic mass is 10.1. The Labute approximate surface area is 158 Å². The van der Waals surface area contributed by atoms with E-state index in [-0.39, 0.29) is 5.69 Å². The lowest BCUT2D eigenvalue weighted by Crippen LogP contribution is -2.10. The van der Waals surface area contributed by atoms with E-state index in [2.05, 4.69) is 22.2 Å². The molecule has 4 aromatic rings. The monoisotopic (exact) mass is 377 g/mol. The molecule has 0 amide bonds. The fourth-order valence-electron chi connectivity index (χ4n) is 2.64. The molecule has 0 aliphatic rings. The summed E-state index contributed by atoms with van der Waals surface area (Å²) < 4.78 is 6.77. The molecule has 0 bridgehead atoms. The zero-order chi connectivity index (χ0) is 18.8. The molecule has 1 atom stereocenters. The van der Waals surface area contributed by atoms with Crippen molar-refractivity contribution in [3.63, 3.8) is 0 Å². The van der Waals surface area contributed by atoms with Crippen LogP contribution in [0.3, 0.4) is 0 Å². The lowest BCUT2D eigenvalue weighted by Gasteiger charge is -2.02. The average Bonchev–Trinajstić information content (AvgIpc) is 3.31. The fraction of sp³-hybridized carbons (Fsp3) is 0.150. The van der Waals surface area contributed by atoms with Crippen LogP contribution in [0.1, 0.15) is 23.7 Å². The predicted molar refractivity (Wildman–Crippen MR) is 103 cm³/mol. The smallest absolute Gasteiger partial charge is 0.362 e. The molecule has 3 aromatic heterocycles. The van der Waals surface area contributed by atoms with Crippen LogP contribution in [0.2, 0.25) is 0 Å². The minimum Gasteiger partial charge on any atom is -0.421 e. The number of fused-ring (bicyclic) bond motifs is 1. The first-order chi connectivity index (χ1) is 13.1. The molecule has 3 heterocycles. The maximum absolute atomic E-state index is 12.3. The molecule has 0 aliphatic heterocycles. The molecule has 7 heteroatoms. The van der Waals surface area contributed by atoms with E-state index in [4.69, 9.17) is 4.42 Å². The SMILES string of the molecule is C[C@H](O)Cc1cn(-c2cc3cc(C#Cc4ccsc4)ccc3oc2=O)nn1. The largest absolute Gasteiger partial charge is 0.421 e. The van der Waals surface area contributed by atoms with Gasteiger partial charge in [-0.1, -0.05) is 17.1 Å². The zero-order valence-electron chi connectivity index (χ0n) is 14.4. The normalized spacial score (nSPS) is 11.9. The number of rotatable bonds is 3. The van der Waals surface area contributed by atoms with Crippen LogP contribution < -0.4 is 5.63 Å². The molecule has 4 rings (SSSR count). The van der Waals surface area contributed by atoms with Gasteiger partial charge in [-0.05, 0) is 42.6 Å². The molecule has 0 spiro atoms. The molecular formula is C20H15N3O3S. The summed E-state index contributed by atoms with van der Waals surface area (Å²) in [5, 5.41) is 22.1. The first-order valence-corrected chi connectivity index (χ1v) is 9.24. The van der Waals surface area contributed by atoms with Crippen molar-refractivity contribution < 1.29 is 9.52 Å². The molecule has 0 saturated heterocycles. The van der Waals surface area contributed by atoms with E-state index in [1.54, 1.807) is 36.6 Å². The second-order valence-corrected chi connectivity index (χ2v) is 6.92. The van der Waals surface area contributed by atoms with Gasteiger partial charge in [-0.3, -0.25) is 0 Å². The van der Waals surface area contributed by atoms with E-state index in [0.717, 1.165) is 16.5 Å². The Kier molecular flexibility index (Phi) is 4.59. The van der Waals surface area contributed by atoms with E-state index < -0.39 is 11.7 Å². The highest BCUT2D eigenvalue weighted by atomic mass is 32.1. The summed E-state index contributed by atoms with van der Waals surface area (Å²) in [6.45, 7) is 1.67. The minimum absolute atomic E-state index is 0.259. The van der Waals surface area contributed by atoms with Crippen LogP contribution >= 0.6 is 11.3 Å². The molecule has 1 N–H and O–H groups in total. The quantitative estimate of drug-likeness (QED) is 0.439. The summed E-state index contributed by atoms with van der Waals surface area (Å²) in [6, 6.07) is 9.09. The summed E-state index contributed by atoms with van der Waals surface area (Å²) in [5.41, 5.74) is 2.62. The van der Waals surface area contributed by atoms with Crippen LogP contribution in [0.15, 0.2) is 56.5 Å². The Morgan fingerprint density at radius 2 is 2.11 bits per heavy atom. The summed E-state index contributed by atoms with van der Waals surface area (Å²) in [5.74, 6) is 6.21. The van der Waals surface area contributed by atoms with Gasteiger partial charge < -0.3 is 9.52 Å². The maximum atomic E-state index is 12.3. The van der Waals surface area contributed by atoms with Gasteiger partial charge in [-0.2, -0.15) is 11.3 Å². The molecule has 1 aromatic carbocycles. The highest BCUT2D eigenvalue weighted by Crippen LogP contribution is 2.17. The molecule has 134 valence electrons. The second kappa shape index (κ2) is 7.19. The average molecular weight is 377 g/mol. The topological polar surface area (TPSA) is 81.1 Å². The van der Waals surface area contributed by atoms with Gasteiger partial charge in [-0.15, -0.1) is 5.10 Å². The summed E-state index contributed by atoms with van der Waals surface area (Å²) in [4.78, 5) is 12.3. The fourth-order valence-corrected chi connectivity index (χ4v) is 3.23. The Morgan fingerprint density at radius 1 is 1.26 bits per heavy atom. The van der Waals surface area contributed by atoms with Gasteiger partial charge in [-0.25, -0.2) is 9.48 Å². The number of hydrogen-bond acceptors (Lipinski definition) is 6. The summed E-state index contributed by atoms with van der Waals surface area (Å²) in [7, 11) is 0. The third kappa shape index (κ3) is 3.82. The van der Waals surface area contributed by atoms with Crippen LogP contribution in [-0.2, 0) is 6.42 Å². The number of nitrogens with zero attached hydrogens (tertiary/aromatic N) is 3. The maximum Gasteiger partial charge on any atom is 0.362 e. The molecule has 6 nitrogen and oxygen atoms in total. The van der Waals surface area contributed by atoms with Crippen molar-refractivity contribution in [2.75, 3.05) is 0 Å². The van der Waals surface area contributed by atoms with E-state index in [1.807, 2.05) is 29.0 Å². The number of aliphatic hydroxyl groups excluding tert-OH is 1. The highest BCUT2D eigenvalue weighted by molar-refractivity contribution is 7.08. The van der Waals surface area contributed by atoms with E-state index in [0.29, 0.717) is 17.7 Å². The number of aromatic nitrogens is 3. The molecule has 0 fully saturated rings. The zero-order valence-corrected chi connectivity index (χ0v) is 15.2. The van der Waals surface area contributed by atoms with Crippen molar-refractivity contribution in [1.82, 2.24) is 15.0 Å². The molecule has 0 unspecified atom stereocenters. The molecular weight excluding hydrogens is 362 g/mol. The van der Waals surface area contributed by atoms with Crippen molar-refractivity contribution >= 4 is 22.3 Å². The third-order valence-corrected chi connectivity index (χ3v) is 4.56. The molecule has 0 aliphatic carbocycles. The molecule has 0 saturated carbocycles. The lowest BCUT2D eigenvalue weighted by molar-refractivity contribution is 0.194. The van der Waals surface area contributed by atoms with Gasteiger partial charge in [0.2, 0.25) is 0 Å². The van der Waals surface area contributed by atoms with Gasteiger partial charge in [0.25, 0.3) is 0 Å². The van der Waals surface area contributed by atoms with E-state index >= 15 is 0 Å².